The number of allylic oxidation sites excluding steroid dienone is 2. The van der Waals surface area contributed by atoms with Gasteiger partial charge in [0.05, 0.1) is 6.17 Å². The number of hydrogen-bond donors (Lipinski definition) is 1. The van der Waals surface area contributed by atoms with Crippen molar-refractivity contribution in [1.82, 2.24) is 4.90 Å². The van der Waals surface area contributed by atoms with Crippen LogP contribution in [0.2, 0.25) is 0 Å². The maximum absolute atomic E-state index is 5.99. The maximum atomic E-state index is 5.99. The Morgan fingerprint density at radius 1 is 0.923 bits per heavy atom. The zero-order valence-corrected chi connectivity index (χ0v) is 17.7. The summed E-state index contributed by atoms with van der Waals surface area (Å²) in [6.07, 6.45) is 27.6. The third kappa shape index (κ3) is 11.9. The van der Waals surface area contributed by atoms with E-state index in [1.165, 1.54) is 96.3 Å². The lowest BCUT2D eigenvalue weighted by molar-refractivity contribution is 0.182. The summed E-state index contributed by atoms with van der Waals surface area (Å²) in [6, 6.07) is 0. The molecule has 1 aliphatic rings. The Morgan fingerprint density at radius 2 is 1.46 bits per heavy atom. The third-order valence-corrected chi connectivity index (χ3v) is 5.45. The molecule has 0 fully saturated rings. The molecule has 2 unspecified atom stereocenters. The molecule has 1 aliphatic heterocycles. The SMILES string of the molecule is CCCCCCCC/C=C/CCCCCCCCC1N=CCN1C(C)N. The molecule has 0 aromatic rings. The molecule has 2 atom stereocenters. The average molecular weight is 364 g/mol. The van der Waals surface area contributed by atoms with Gasteiger partial charge in [0.25, 0.3) is 0 Å². The summed E-state index contributed by atoms with van der Waals surface area (Å²) in [5.41, 5.74) is 5.99. The molecule has 0 spiro atoms. The molecular weight excluding hydrogens is 318 g/mol. The number of aliphatic imine (C=N–C) groups is 1. The Kier molecular flexibility index (Phi) is 14.8. The maximum Gasteiger partial charge on any atom is 0.103 e. The van der Waals surface area contributed by atoms with E-state index in [9.17, 15) is 0 Å². The van der Waals surface area contributed by atoms with Crippen molar-refractivity contribution in [1.29, 1.82) is 0 Å². The van der Waals surface area contributed by atoms with Gasteiger partial charge in [0.15, 0.2) is 0 Å². The fourth-order valence-corrected chi connectivity index (χ4v) is 3.72. The van der Waals surface area contributed by atoms with E-state index in [1.807, 2.05) is 6.21 Å². The standard InChI is InChI=1S/C23H45N3/c1-3-4-5-6-7-8-9-10-11-12-13-14-15-16-17-18-19-23-25-20-21-26(23)22(2)24/h10-11,20,22-23H,3-9,12-19,21,24H2,1-2H3/b11-10+. The Labute approximate surface area is 163 Å². The normalized spacial score (nSPS) is 19.0. The number of rotatable bonds is 17. The van der Waals surface area contributed by atoms with Crippen LogP contribution in [0.1, 0.15) is 110 Å². The van der Waals surface area contributed by atoms with E-state index < -0.39 is 0 Å². The van der Waals surface area contributed by atoms with Crippen molar-refractivity contribution in [3.63, 3.8) is 0 Å². The summed E-state index contributed by atoms with van der Waals surface area (Å²) in [7, 11) is 0. The first-order valence-corrected chi connectivity index (χ1v) is 11.4. The second kappa shape index (κ2) is 16.5. The molecule has 0 aliphatic carbocycles. The fraction of sp³-hybridized carbons (Fsp3) is 0.870. The van der Waals surface area contributed by atoms with E-state index in [-0.39, 0.29) is 6.17 Å². The minimum atomic E-state index is 0.122. The van der Waals surface area contributed by atoms with Crippen LogP contribution in [0.3, 0.4) is 0 Å². The summed E-state index contributed by atoms with van der Waals surface area (Å²) in [5, 5.41) is 0. The molecular formula is C23H45N3. The van der Waals surface area contributed by atoms with Crippen LogP contribution < -0.4 is 5.73 Å². The van der Waals surface area contributed by atoms with E-state index in [2.05, 4.69) is 35.9 Å². The van der Waals surface area contributed by atoms with Crippen LogP contribution in [0, 0.1) is 0 Å². The highest BCUT2D eigenvalue weighted by molar-refractivity contribution is 5.62. The van der Waals surface area contributed by atoms with Crippen LogP contribution in [0.25, 0.3) is 0 Å². The van der Waals surface area contributed by atoms with Crippen molar-refractivity contribution in [3.05, 3.63) is 12.2 Å². The van der Waals surface area contributed by atoms with Crippen molar-refractivity contribution in [2.75, 3.05) is 6.54 Å². The van der Waals surface area contributed by atoms with Gasteiger partial charge in [-0.3, -0.25) is 9.89 Å². The second-order valence-electron chi connectivity index (χ2n) is 7.98. The molecule has 0 amide bonds. The molecule has 0 aromatic heterocycles. The van der Waals surface area contributed by atoms with Crippen molar-refractivity contribution in [3.8, 4) is 0 Å². The summed E-state index contributed by atoms with van der Waals surface area (Å²) in [5.74, 6) is 0. The van der Waals surface area contributed by atoms with Gasteiger partial charge in [-0.2, -0.15) is 0 Å². The quantitative estimate of drug-likeness (QED) is 0.239. The van der Waals surface area contributed by atoms with E-state index in [0.717, 1.165) is 6.54 Å². The lowest BCUT2D eigenvalue weighted by atomic mass is 10.1. The lowest BCUT2D eigenvalue weighted by Gasteiger charge is -2.26. The van der Waals surface area contributed by atoms with Gasteiger partial charge in [-0.25, -0.2) is 0 Å². The van der Waals surface area contributed by atoms with Gasteiger partial charge in [0, 0.05) is 12.8 Å². The molecule has 0 radical (unpaired) electrons. The van der Waals surface area contributed by atoms with Crippen LogP contribution in [0.15, 0.2) is 17.1 Å². The van der Waals surface area contributed by atoms with Crippen LogP contribution in [0.4, 0.5) is 0 Å². The minimum Gasteiger partial charge on any atom is -0.316 e. The zero-order chi connectivity index (χ0) is 18.9. The minimum absolute atomic E-state index is 0.122. The molecule has 1 rings (SSSR count). The van der Waals surface area contributed by atoms with Gasteiger partial charge in [0.1, 0.15) is 6.17 Å². The molecule has 0 saturated carbocycles. The summed E-state index contributed by atoms with van der Waals surface area (Å²) in [6.45, 7) is 5.27. The summed E-state index contributed by atoms with van der Waals surface area (Å²) < 4.78 is 0. The molecule has 0 bridgehead atoms. The molecule has 3 nitrogen and oxygen atoms in total. The number of unbranched alkanes of at least 4 members (excludes halogenated alkanes) is 12. The topological polar surface area (TPSA) is 41.6 Å². The van der Waals surface area contributed by atoms with Crippen molar-refractivity contribution < 1.29 is 0 Å². The fourth-order valence-electron chi connectivity index (χ4n) is 3.72. The third-order valence-electron chi connectivity index (χ3n) is 5.45. The molecule has 3 heteroatoms. The largest absolute Gasteiger partial charge is 0.316 e. The highest BCUT2D eigenvalue weighted by Crippen LogP contribution is 2.17. The van der Waals surface area contributed by atoms with Crippen LogP contribution in [0.5, 0.6) is 0 Å². The van der Waals surface area contributed by atoms with E-state index in [1.54, 1.807) is 0 Å². The van der Waals surface area contributed by atoms with Crippen LogP contribution in [-0.2, 0) is 0 Å². The van der Waals surface area contributed by atoms with Crippen molar-refractivity contribution in [2.24, 2.45) is 10.7 Å². The number of nitrogens with zero attached hydrogens (tertiary/aromatic N) is 2. The zero-order valence-electron chi connectivity index (χ0n) is 17.7. The molecule has 26 heavy (non-hydrogen) atoms. The molecule has 2 N–H and O–H groups in total. The lowest BCUT2D eigenvalue weighted by Crippen LogP contribution is -2.43. The molecule has 0 saturated heterocycles. The van der Waals surface area contributed by atoms with Gasteiger partial charge in [-0.15, -0.1) is 0 Å². The molecule has 0 aromatic carbocycles. The van der Waals surface area contributed by atoms with E-state index in [4.69, 9.17) is 5.73 Å². The van der Waals surface area contributed by atoms with Gasteiger partial charge in [-0.05, 0) is 45.4 Å². The van der Waals surface area contributed by atoms with Crippen molar-refractivity contribution in [2.45, 2.75) is 122 Å². The average Bonchev–Trinajstić information content (AvgIpc) is 3.10. The molecule has 1 heterocycles. The summed E-state index contributed by atoms with van der Waals surface area (Å²) >= 11 is 0. The summed E-state index contributed by atoms with van der Waals surface area (Å²) in [4.78, 5) is 6.85. The highest BCUT2D eigenvalue weighted by atomic mass is 15.3. The second-order valence-corrected chi connectivity index (χ2v) is 7.98. The van der Waals surface area contributed by atoms with Gasteiger partial charge in [-0.1, -0.05) is 76.9 Å². The first kappa shape index (κ1) is 23.4. The number of hydrogen-bond acceptors (Lipinski definition) is 3. The monoisotopic (exact) mass is 363 g/mol. The van der Waals surface area contributed by atoms with Gasteiger partial charge in [0.2, 0.25) is 0 Å². The van der Waals surface area contributed by atoms with Crippen LogP contribution in [-0.4, -0.2) is 30.0 Å². The van der Waals surface area contributed by atoms with Gasteiger partial charge >= 0.3 is 0 Å². The first-order chi connectivity index (χ1) is 12.8. The van der Waals surface area contributed by atoms with Crippen molar-refractivity contribution >= 4 is 6.21 Å². The van der Waals surface area contributed by atoms with Crippen LogP contribution >= 0.6 is 0 Å². The Hall–Kier alpha value is -0.670. The Morgan fingerprint density at radius 3 is 2.04 bits per heavy atom. The molecule has 152 valence electrons. The van der Waals surface area contributed by atoms with E-state index >= 15 is 0 Å². The predicted molar refractivity (Wildman–Crippen MR) is 117 cm³/mol. The predicted octanol–water partition coefficient (Wildman–Crippen LogP) is 6.43. The highest BCUT2D eigenvalue weighted by Gasteiger charge is 2.22. The number of nitrogens with two attached hydrogens (primary N) is 1. The Bertz CT molecular complexity index is 362. The van der Waals surface area contributed by atoms with E-state index in [0.29, 0.717) is 6.17 Å². The van der Waals surface area contributed by atoms with Gasteiger partial charge < -0.3 is 5.73 Å². The Balaban J connectivity index is 1.81. The first-order valence-electron chi connectivity index (χ1n) is 11.4. The smallest absolute Gasteiger partial charge is 0.103 e.